The summed E-state index contributed by atoms with van der Waals surface area (Å²) in [5.74, 6) is 0.722. The van der Waals surface area contributed by atoms with E-state index in [1.54, 1.807) is 18.8 Å². The van der Waals surface area contributed by atoms with Crippen molar-refractivity contribution in [1.82, 2.24) is 24.7 Å². The molecule has 0 fully saturated rings. The van der Waals surface area contributed by atoms with Gasteiger partial charge in [0.05, 0.1) is 24.3 Å². The molecule has 0 saturated heterocycles. The minimum atomic E-state index is -4.05. The minimum absolute atomic E-state index is 0.0334. The number of rotatable bonds is 14. The van der Waals surface area contributed by atoms with Crippen molar-refractivity contribution in [3.8, 4) is 11.4 Å². The summed E-state index contributed by atoms with van der Waals surface area (Å²) in [7, 11) is -0.932. The second-order valence-corrected chi connectivity index (χ2v) is 10.5. The highest BCUT2D eigenvalue weighted by molar-refractivity contribution is 7.93. The van der Waals surface area contributed by atoms with Gasteiger partial charge in [0, 0.05) is 38.8 Å². The molecule has 11 nitrogen and oxygen atoms in total. The highest BCUT2D eigenvalue weighted by Gasteiger charge is 2.35. The molecule has 196 valence electrons. The van der Waals surface area contributed by atoms with Gasteiger partial charge in [0.2, 0.25) is 16.0 Å². The number of halogens is 1. The van der Waals surface area contributed by atoms with E-state index in [0.717, 1.165) is 5.56 Å². The predicted octanol–water partition coefficient (Wildman–Crippen LogP) is 3.52. The SMILES string of the molecule is CCCO[C@@H](c1ncc(Cl)cn1)[C@H](C)S(=O)(=O)Nc1nnc(-c2ccccc2)n1C(COC)COC. The van der Waals surface area contributed by atoms with Gasteiger partial charge in [-0.15, -0.1) is 10.2 Å². The molecule has 3 aromatic rings. The van der Waals surface area contributed by atoms with Gasteiger partial charge in [-0.3, -0.25) is 9.29 Å². The van der Waals surface area contributed by atoms with Gasteiger partial charge >= 0.3 is 0 Å². The summed E-state index contributed by atoms with van der Waals surface area (Å²) in [4.78, 5) is 8.37. The molecular formula is C23H31ClN6O5S. The van der Waals surface area contributed by atoms with E-state index in [9.17, 15) is 8.42 Å². The molecule has 1 aromatic carbocycles. The molecule has 2 aromatic heterocycles. The van der Waals surface area contributed by atoms with Crippen LogP contribution in [0.4, 0.5) is 5.95 Å². The number of benzene rings is 1. The van der Waals surface area contributed by atoms with Gasteiger partial charge in [-0.25, -0.2) is 18.4 Å². The molecule has 1 N–H and O–H groups in total. The number of hydrogen-bond acceptors (Lipinski definition) is 9. The Balaban J connectivity index is 2.00. The maximum absolute atomic E-state index is 13.6. The highest BCUT2D eigenvalue weighted by Crippen LogP contribution is 2.29. The molecule has 0 bridgehead atoms. The van der Waals surface area contributed by atoms with Crippen molar-refractivity contribution in [2.45, 2.75) is 37.7 Å². The first-order valence-corrected chi connectivity index (χ1v) is 13.3. The molecular weight excluding hydrogens is 508 g/mol. The Morgan fingerprint density at radius 3 is 2.28 bits per heavy atom. The molecule has 0 aliphatic rings. The lowest BCUT2D eigenvalue weighted by Gasteiger charge is -2.25. The number of ether oxygens (including phenoxy) is 3. The van der Waals surface area contributed by atoms with Crippen LogP contribution in [0.25, 0.3) is 11.4 Å². The lowest BCUT2D eigenvalue weighted by Crippen LogP contribution is -2.35. The zero-order valence-electron chi connectivity index (χ0n) is 20.7. The van der Waals surface area contributed by atoms with E-state index in [4.69, 9.17) is 25.8 Å². The quantitative estimate of drug-likeness (QED) is 0.327. The molecule has 2 atom stereocenters. The normalized spacial score (nSPS) is 13.6. The maximum Gasteiger partial charge on any atom is 0.240 e. The van der Waals surface area contributed by atoms with E-state index in [2.05, 4.69) is 24.9 Å². The largest absolute Gasteiger partial charge is 0.382 e. The summed E-state index contributed by atoms with van der Waals surface area (Å²) in [6.07, 6.45) is 2.57. The molecule has 36 heavy (non-hydrogen) atoms. The Morgan fingerprint density at radius 1 is 1.06 bits per heavy atom. The third kappa shape index (κ3) is 6.77. The number of sulfonamides is 1. The number of aromatic nitrogens is 5. The summed E-state index contributed by atoms with van der Waals surface area (Å²) in [5.41, 5.74) is 0.763. The standard InChI is InChI=1S/C23H31ClN6O5S/c1-5-11-35-20(21-25-12-18(24)13-26-21)16(2)36(31,32)29-23-28-27-22(17-9-7-6-8-10-17)30(23)19(14-33-3)15-34-4/h6-10,12-13,16,19-20H,5,11,14-15H2,1-4H3,(H,28,29)/t16-,20+/m0/s1. The van der Waals surface area contributed by atoms with E-state index in [-0.39, 0.29) is 25.0 Å². The smallest absolute Gasteiger partial charge is 0.240 e. The van der Waals surface area contributed by atoms with Gasteiger partial charge < -0.3 is 14.2 Å². The monoisotopic (exact) mass is 538 g/mol. The van der Waals surface area contributed by atoms with Gasteiger partial charge in [-0.2, -0.15) is 0 Å². The fraction of sp³-hybridized carbons (Fsp3) is 0.478. The Labute approximate surface area is 216 Å². The topological polar surface area (TPSA) is 130 Å². The van der Waals surface area contributed by atoms with Crippen molar-refractivity contribution in [1.29, 1.82) is 0 Å². The van der Waals surface area contributed by atoms with Crippen molar-refractivity contribution < 1.29 is 22.6 Å². The molecule has 0 aliphatic heterocycles. The number of anilines is 1. The van der Waals surface area contributed by atoms with E-state index in [0.29, 0.717) is 23.9 Å². The number of methoxy groups -OCH3 is 2. The molecule has 0 unspecified atom stereocenters. The molecule has 0 spiro atoms. The maximum atomic E-state index is 13.6. The predicted molar refractivity (Wildman–Crippen MR) is 136 cm³/mol. The van der Waals surface area contributed by atoms with Crippen LogP contribution in [-0.2, 0) is 24.2 Å². The average molecular weight is 539 g/mol. The van der Waals surface area contributed by atoms with Crippen LogP contribution < -0.4 is 4.72 Å². The first-order chi connectivity index (χ1) is 17.3. The molecule has 2 heterocycles. The van der Waals surface area contributed by atoms with Gasteiger partial charge in [0.15, 0.2) is 11.6 Å². The first kappa shape index (κ1) is 27.9. The average Bonchev–Trinajstić information content (AvgIpc) is 3.28. The molecule has 13 heteroatoms. The number of nitrogens with zero attached hydrogens (tertiary/aromatic N) is 5. The van der Waals surface area contributed by atoms with Crippen LogP contribution in [0.15, 0.2) is 42.7 Å². The van der Waals surface area contributed by atoms with E-state index < -0.39 is 27.4 Å². The number of nitrogens with one attached hydrogen (secondary N) is 1. The van der Waals surface area contributed by atoms with Crippen LogP contribution in [0, 0.1) is 0 Å². The fourth-order valence-electron chi connectivity index (χ4n) is 3.59. The second-order valence-electron chi connectivity index (χ2n) is 8.05. The second kappa shape index (κ2) is 13.1. The first-order valence-electron chi connectivity index (χ1n) is 11.4. The summed E-state index contributed by atoms with van der Waals surface area (Å²) in [6.45, 7) is 4.28. The Hall–Kier alpha value is -2.64. The van der Waals surface area contributed by atoms with E-state index in [1.165, 1.54) is 19.3 Å². The van der Waals surface area contributed by atoms with Gasteiger partial charge in [-0.05, 0) is 13.3 Å². The van der Waals surface area contributed by atoms with Crippen LogP contribution >= 0.6 is 11.6 Å². The van der Waals surface area contributed by atoms with Crippen molar-refractivity contribution in [2.75, 3.05) is 38.8 Å². The molecule has 0 saturated carbocycles. The van der Waals surface area contributed by atoms with Crippen molar-refractivity contribution in [2.24, 2.45) is 0 Å². The zero-order chi connectivity index (χ0) is 26.1. The van der Waals surface area contributed by atoms with Crippen molar-refractivity contribution in [3.63, 3.8) is 0 Å². The van der Waals surface area contributed by atoms with E-state index >= 15 is 0 Å². The molecule has 0 amide bonds. The van der Waals surface area contributed by atoms with Crippen molar-refractivity contribution >= 4 is 27.6 Å². The minimum Gasteiger partial charge on any atom is -0.382 e. The van der Waals surface area contributed by atoms with Crippen molar-refractivity contribution in [3.05, 3.63) is 53.6 Å². The van der Waals surface area contributed by atoms with Gasteiger partial charge in [-0.1, -0.05) is 48.9 Å². The van der Waals surface area contributed by atoms with Crippen LogP contribution in [0.1, 0.15) is 38.2 Å². The fourth-order valence-corrected chi connectivity index (χ4v) is 4.79. The zero-order valence-corrected chi connectivity index (χ0v) is 22.2. The summed E-state index contributed by atoms with van der Waals surface area (Å²) >= 11 is 5.91. The lowest BCUT2D eigenvalue weighted by atomic mass is 10.2. The summed E-state index contributed by atoms with van der Waals surface area (Å²) < 4.78 is 48.0. The van der Waals surface area contributed by atoms with Crippen LogP contribution in [0.5, 0.6) is 0 Å². The third-order valence-corrected chi connectivity index (χ3v) is 7.25. The van der Waals surface area contributed by atoms with Crippen LogP contribution in [0.3, 0.4) is 0 Å². The molecule has 0 aliphatic carbocycles. The number of hydrogen-bond donors (Lipinski definition) is 1. The summed E-state index contributed by atoms with van der Waals surface area (Å²) in [6, 6.07) is 8.94. The Morgan fingerprint density at radius 2 is 1.69 bits per heavy atom. The third-order valence-electron chi connectivity index (χ3n) is 5.36. The van der Waals surface area contributed by atoms with Gasteiger partial charge in [0.1, 0.15) is 11.4 Å². The Bertz CT molecular complexity index is 1190. The van der Waals surface area contributed by atoms with Crippen LogP contribution in [0.2, 0.25) is 5.02 Å². The van der Waals surface area contributed by atoms with Crippen LogP contribution in [-0.4, -0.2) is 72.4 Å². The highest BCUT2D eigenvalue weighted by atomic mass is 35.5. The summed E-state index contributed by atoms with van der Waals surface area (Å²) in [5, 5.41) is 7.72. The molecule has 0 radical (unpaired) electrons. The van der Waals surface area contributed by atoms with Gasteiger partial charge in [0.25, 0.3) is 0 Å². The van der Waals surface area contributed by atoms with E-state index in [1.807, 2.05) is 37.3 Å². The molecule has 3 rings (SSSR count). The Kier molecular flexibility index (Phi) is 10.1. The lowest BCUT2D eigenvalue weighted by molar-refractivity contribution is 0.0466.